The van der Waals surface area contributed by atoms with Gasteiger partial charge in [0.25, 0.3) is 0 Å². The van der Waals surface area contributed by atoms with Crippen LogP contribution < -0.4 is 15.5 Å². The van der Waals surface area contributed by atoms with E-state index >= 15 is 0 Å². The molecule has 0 bridgehead atoms. The Hall–Kier alpha value is -3.02. The summed E-state index contributed by atoms with van der Waals surface area (Å²) in [5, 5.41) is 6.07. The van der Waals surface area contributed by atoms with Crippen molar-refractivity contribution in [3.05, 3.63) is 53.9 Å². The number of aromatic amines is 1. The lowest BCUT2D eigenvalue weighted by molar-refractivity contribution is 0.251. The van der Waals surface area contributed by atoms with Crippen LogP contribution in [0.1, 0.15) is 62.3 Å². The number of fused-ring (bicyclic) bond motifs is 1. The highest BCUT2D eigenvalue weighted by molar-refractivity contribution is 5.97. The maximum atomic E-state index is 12.7. The summed E-state index contributed by atoms with van der Waals surface area (Å²) in [6, 6.07) is 14.0. The standard InChI is InChI=1S/C25H31N5O/c31-25(26-17-18-9-3-1-4-10-18)29-22-15-20-21(16-23(22)30-13-7-8-14-30)28-24(27-20)19-11-5-2-6-12-19/h1,3-4,9-10,15-16,19H,2,5-8,11-14,17H2,(H,27,28)(H2,26,29,31). The van der Waals surface area contributed by atoms with Gasteiger partial charge in [0.15, 0.2) is 0 Å². The van der Waals surface area contributed by atoms with Crippen LogP contribution in [0.4, 0.5) is 16.2 Å². The summed E-state index contributed by atoms with van der Waals surface area (Å²) in [5.41, 5.74) is 5.00. The predicted molar refractivity (Wildman–Crippen MR) is 126 cm³/mol. The second kappa shape index (κ2) is 9.00. The van der Waals surface area contributed by atoms with Crippen LogP contribution in [0.15, 0.2) is 42.5 Å². The van der Waals surface area contributed by atoms with Gasteiger partial charge in [0.1, 0.15) is 5.82 Å². The number of aromatic nitrogens is 2. The molecule has 31 heavy (non-hydrogen) atoms. The summed E-state index contributed by atoms with van der Waals surface area (Å²) < 4.78 is 0. The monoisotopic (exact) mass is 417 g/mol. The molecular weight excluding hydrogens is 386 g/mol. The van der Waals surface area contributed by atoms with Crippen LogP contribution in [0.5, 0.6) is 0 Å². The first-order valence-corrected chi connectivity index (χ1v) is 11.6. The third-order valence-electron chi connectivity index (χ3n) is 6.60. The van der Waals surface area contributed by atoms with Gasteiger partial charge in [0, 0.05) is 25.6 Å². The van der Waals surface area contributed by atoms with Crippen molar-refractivity contribution in [2.45, 2.75) is 57.4 Å². The molecule has 2 aromatic carbocycles. The summed E-state index contributed by atoms with van der Waals surface area (Å²) in [6.45, 7) is 2.54. The van der Waals surface area contributed by atoms with Gasteiger partial charge in [-0.25, -0.2) is 9.78 Å². The molecule has 5 rings (SSSR count). The van der Waals surface area contributed by atoms with E-state index in [-0.39, 0.29) is 6.03 Å². The zero-order valence-corrected chi connectivity index (χ0v) is 18.0. The highest BCUT2D eigenvalue weighted by atomic mass is 16.2. The largest absolute Gasteiger partial charge is 0.370 e. The van der Waals surface area contributed by atoms with Crippen LogP contribution in [0.2, 0.25) is 0 Å². The number of anilines is 2. The molecule has 1 saturated heterocycles. The molecule has 0 radical (unpaired) electrons. The minimum Gasteiger partial charge on any atom is -0.370 e. The van der Waals surface area contributed by atoms with Crippen LogP contribution in [0.25, 0.3) is 11.0 Å². The van der Waals surface area contributed by atoms with E-state index in [2.05, 4.69) is 32.7 Å². The number of rotatable bonds is 5. The Kier molecular flexibility index (Phi) is 5.78. The lowest BCUT2D eigenvalue weighted by Crippen LogP contribution is -2.29. The van der Waals surface area contributed by atoms with Crippen molar-refractivity contribution in [3.63, 3.8) is 0 Å². The molecule has 162 valence electrons. The smallest absolute Gasteiger partial charge is 0.319 e. The van der Waals surface area contributed by atoms with E-state index in [0.717, 1.165) is 46.9 Å². The number of imidazole rings is 1. The first kappa shape index (κ1) is 19.9. The van der Waals surface area contributed by atoms with E-state index in [9.17, 15) is 4.79 Å². The Bertz CT molecular complexity index is 1030. The number of hydrogen-bond donors (Lipinski definition) is 3. The minimum absolute atomic E-state index is 0.185. The molecule has 2 heterocycles. The highest BCUT2D eigenvalue weighted by Gasteiger charge is 2.22. The number of benzene rings is 2. The number of carbonyl (C=O) groups excluding carboxylic acids is 1. The van der Waals surface area contributed by atoms with Gasteiger partial charge in [-0.05, 0) is 43.4 Å². The molecule has 2 aliphatic rings. The fourth-order valence-corrected chi connectivity index (χ4v) is 4.90. The number of carbonyl (C=O) groups is 1. The first-order chi connectivity index (χ1) is 15.3. The SMILES string of the molecule is O=C(NCc1ccccc1)Nc1cc2[nH]c(C3CCCCC3)nc2cc1N1CCCC1. The van der Waals surface area contributed by atoms with Gasteiger partial charge < -0.3 is 20.5 Å². The van der Waals surface area contributed by atoms with E-state index < -0.39 is 0 Å². The summed E-state index contributed by atoms with van der Waals surface area (Å²) in [7, 11) is 0. The number of nitrogens with one attached hydrogen (secondary N) is 3. The van der Waals surface area contributed by atoms with Crippen molar-refractivity contribution >= 4 is 28.4 Å². The van der Waals surface area contributed by atoms with Gasteiger partial charge in [-0.3, -0.25) is 0 Å². The molecule has 0 spiro atoms. The van der Waals surface area contributed by atoms with E-state index in [4.69, 9.17) is 4.98 Å². The maximum absolute atomic E-state index is 12.7. The fourth-order valence-electron chi connectivity index (χ4n) is 4.90. The lowest BCUT2D eigenvalue weighted by atomic mass is 9.89. The van der Waals surface area contributed by atoms with Gasteiger partial charge in [-0.1, -0.05) is 49.6 Å². The number of amides is 2. The van der Waals surface area contributed by atoms with E-state index in [1.165, 1.54) is 44.9 Å². The molecule has 2 amide bonds. The fraction of sp³-hybridized carbons (Fsp3) is 0.440. The topological polar surface area (TPSA) is 73.0 Å². The number of hydrogen-bond acceptors (Lipinski definition) is 3. The highest BCUT2D eigenvalue weighted by Crippen LogP contribution is 2.36. The van der Waals surface area contributed by atoms with Gasteiger partial charge in [-0.2, -0.15) is 0 Å². The second-order valence-corrected chi connectivity index (χ2v) is 8.83. The van der Waals surface area contributed by atoms with Crippen LogP contribution in [-0.4, -0.2) is 29.1 Å². The third kappa shape index (κ3) is 4.53. The average Bonchev–Trinajstić information content (AvgIpc) is 3.48. The third-order valence-corrected chi connectivity index (χ3v) is 6.60. The van der Waals surface area contributed by atoms with Crippen molar-refractivity contribution in [1.29, 1.82) is 0 Å². The molecule has 3 aromatic rings. The Balaban J connectivity index is 1.39. The Labute approximate surface area is 183 Å². The van der Waals surface area contributed by atoms with Gasteiger partial charge in [-0.15, -0.1) is 0 Å². The molecule has 6 nitrogen and oxygen atoms in total. The number of urea groups is 1. The van der Waals surface area contributed by atoms with Crippen molar-refractivity contribution in [2.24, 2.45) is 0 Å². The molecule has 0 atom stereocenters. The molecule has 6 heteroatoms. The first-order valence-electron chi connectivity index (χ1n) is 11.6. The maximum Gasteiger partial charge on any atom is 0.319 e. The van der Waals surface area contributed by atoms with E-state index in [1.807, 2.05) is 30.3 Å². The second-order valence-electron chi connectivity index (χ2n) is 8.83. The van der Waals surface area contributed by atoms with Crippen molar-refractivity contribution in [3.8, 4) is 0 Å². The quantitative estimate of drug-likeness (QED) is 0.511. The predicted octanol–water partition coefficient (Wildman–Crippen LogP) is 5.53. The summed E-state index contributed by atoms with van der Waals surface area (Å²) in [6.07, 6.45) is 8.71. The number of H-pyrrole nitrogens is 1. The summed E-state index contributed by atoms with van der Waals surface area (Å²) >= 11 is 0. The normalized spacial score (nSPS) is 17.2. The van der Waals surface area contributed by atoms with Crippen LogP contribution in [0.3, 0.4) is 0 Å². The molecule has 2 fully saturated rings. The van der Waals surface area contributed by atoms with E-state index in [1.54, 1.807) is 0 Å². The summed E-state index contributed by atoms with van der Waals surface area (Å²) in [5.74, 6) is 1.63. The van der Waals surface area contributed by atoms with Crippen LogP contribution >= 0.6 is 0 Å². The molecule has 0 unspecified atom stereocenters. The zero-order chi connectivity index (χ0) is 21.0. The van der Waals surface area contributed by atoms with Crippen molar-refractivity contribution < 1.29 is 4.79 Å². The van der Waals surface area contributed by atoms with Crippen LogP contribution in [0, 0.1) is 0 Å². The van der Waals surface area contributed by atoms with E-state index in [0.29, 0.717) is 12.5 Å². The summed E-state index contributed by atoms with van der Waals surface area (Å²) in [4.78, 5) is 23.5. The van der Waals surface area contributed by atoms with Gasteiger partial charge in [0.05, 0.1) is 22.4 Å². The van der Waals surface area contributed by atoms with Crippen LogP contribution in [-0.2, 0) is 6.54 Å². The average molecular weight is 418 g/mol. The van der Waals surface area contributed by atoms with Crippen molar-refractivity contribution in [1.82, 2.24) is 15.3 Å². The zero-order valence-electron chi connectivity index (χ0n) is 18.0. The molecular formula is C25H31N5O. The van der Waals surface area contributed by atoms with Gasteiger partial charge in [0.2, 0.25) is 0 Å². The Morgan fingerprint density at radius 1 is 1.03 bits per heavy atom. The lowest BCUT2D eigenvalue weighted by Gasteiger charge is -2.22. The number of nitrogens with zero attached hydrogens (tertiary/aromatic N) is 2. The Morgan fingerprint density at radius 3 is 2.58 bits per heavy atom. The van der Waals surface area contributed by atoms with Gasteiger partial charge >= 0.3 is 6.03 Å². The minimum atomic E-state index is -0.185. The van der Waals surface area contributed by atoms with Crippen molar-refractivity contribution in [2.75, 3.05) is 23.3 Å². The molecule has 1 saturated carbocycles. The molecule has 1 aromatic heterocycles. The Morgan fingerprint density at radius 2 is 1.81 bits per heavy atom. The molecule has 1 aliphatic carbocycles. The molecule has 1 aliphatic heterocycles. The molecule has 3 N–H and O–H groups in total.